The van der Waals surface area contributed by atoms with Crippen molar-refractivity contribution in [2.45, 2.75) is 13.3 Å². The van der Waals surface area contributed by atoms with Gasteiger partial charge in [-0.05, 0) is 93.9 Å². The molecule has 0 atom stereocenters. The van der Waals surface area contributed by atoms with E-state index in [1.54, 1.807) is 0 Å². The van der Waals surface area contributed by atoms with Crippen molar-refractivity contribution >= 4 is 29.4 Å². The predicted molar refractivity (Wildman–Crippen MR) is 142 cm³/mol. The molecule has 3 nitrogen and oxygen atoms in total. The van der Waals surface area contributed by atoms with E-state index in [0.717, 1.165) is 34.5 Å². The second-order valence-corrected chi connectivity index (χ2v) is 8.52. The third-order valence-corrected chi connectivity index (χ3v) is 6.50. The highest BCUT2D eigenvalue weighted by molar-refractivity contribution is 5.89. The number of anilines is 3. The Morgan fingerprint density at radius 1 is 0.788 bits per heavy atom. The van der Waals surface area contributed by atoms with Crippen LogP contribution in [0.3, 0.4) is 0 Å². The molecule has 0 bridgehead atoms. The number of benzene rings is 4. The lowest BCUT2D eigenvalue weighted by Crippen LogP contribution is -2.07. The molecule has 0 aromatic heterocycles. The van der Waals surface area contributed by atoms with E-state index in [0.29, 0.717) is 0 Å². The highest BCUT2D eigenvalue weighted by atomic mass is 14.9. The second kappa shape index (κ2) is 8.44. The number of fused-ring (bicyclic) bond motifs is 2. The van der Waals surface area contributed by atoms with Gasteiger partial charge >= 0.3 is 0 Å². The molecule has 33 heavy (non-hydrogen) atoms. The average molecular weight is 430 g/mol. The Morgan fingerprint density at radius 3 is 1.91 bits per heavy atom. The fourth-order valence-electron chi connectivity index (χ4n) is 4.56. The average Bonchev–Trinajstić information content (AvgIpc) is 2.86. The van der Waals surface area contributed by atoms with Crippen LogP contribution in [0.4, 0.5) is 17.1 Å². The first-order valence-electron chi connectivity index (χ1n) is 11.2. The van der Waals surface area contributed by atoms with E-state index >= 15 is 0 Å². The lowest BCUT2D eigenvalue weighted by Gasteiger charge is -2.23. The van der Waals surface area contributed by atoms with E-state index in [2.05, 4.69) is 90.9 Å². The Bertz CT molecular complexity index is 1400. The Kier molecular flexibility index (Phi) is 5.31. The van der Waals surface area contributed by atoms with Crippen LogP contribution < -0.4 is 10.6 Å². The summed E-state index contributed by atoms with van der Waals surface area (Å²) in [6, 6.07) is 26.0. The van der Waals surface area contributed by atoms with Gasteiger partial charge in [-0.15, -0.1) is 0 Å². The molecule has 1 aliphatic heterocycles. The summed E-state index contributed by atoms with van der Waals surface area (Å²) in [6.45, 7) is 6.06. The third-order valence-electron chi connectivity index (χ3n) is 6.50. The van der Waals surface area contributed by atoms with Crippen molar-refractivity contribution in [3.8, 4) is 22.3 Å². The number of nitrogens with one attached hydrogen (secondary N) is 3. The van der Waals surface area contributed by atoms with Crippen molar-refractivity contribution in [3.05, 3.63) is 107 Å². The van der Waals surface area contributed by atoms with Crippen LogP contribution in [-0.2, 0) is 6.42 Å². The fraction of sp³-hybridized carbons (Fsp3) is 0.100. The Balaban J connectivity index is 1.49. The van der Waals surface area contributed by atoms with Crippen LogP contribution in [0.25, 0.3) is 28.3 Å². The van der Waals surface area contributed by atoms with Gasteiger partial charge in [-0.3, -0.25) is 0 Å². The van der Waals surface area contributed by atoms with Crippen LogP contribution in [-0.4, -0.2) is 13.3 Å². The Morgan fingerprint density at radius 2 is 1.33 bits per heavy atom. The lowest BCUT2D eigenvalue weighted by molar-refractivity contribution is 1.16. The quantitative estimate of drug-likeness (QED) is 0.251. The van der Waals surface area contributed by atoms with Gasteiger partial charge in [0.1, 0.15) is 0 Å². The summed E-state index contributed by atoms with van der Waals surface area (Å²) >= 11 is 0. The number of rotatable bonds is 5. The largest absolute Gasteiger partial charge is 0.388 e. The minimum Gasteiger partial charge on any atom is -0.388 e. The van der Waals surface area contributed by atoms with Crippen molar-refractivity contribution in [2.24, 2.45) is 0 Å². The van der Waals surface area contributed by atoms with Crippen LogP contribution in [0.2, 0.25) is 0 Å². The number of aryl methyl sites for hydroxylation is 1. The Hall–Kier alpha value is -4.11. The Labute approximate surface area is 195 Å². The van der Waals surface area contributed by atoms with Crippen molar-refractivity contribution < 1.29 is 0 Å². The third kappa shape index (κ3) is 3.83. The molecule has 0 fully saturated rings. The number of hydrogen-bond donors (Lipinski definition) is 3. The molecule has 4 aromatic carbocycles. The molecule has 4 aromatic rings. The van der Waals surface area contributed by atoms with E-state index < -0.39 is 0 Å². The minimum atomic E-state index is 0.881. The van der Waals surface area contributed by atoms with Gasteiger partial charge in [0.15, 0.2) is 0 Å². The molecule has 1 aliphatic rings. The van der Waals surface area contributed by atoms with Gasteiger partial charge in [0.05, 0.1) is 0 Å². The predicted octanol–water partition coefficient (Wildman–Crippen LogP) is 7.66. The summed E-state index contributed by atoms with van der Waals surface area (Å²) in [4.78, 5) is 0. The molecule has 0 spiro atoms. The molecule has 0 saturated heterocycles. The molecule has 0 amide bonds. The van der Waals surface area contributed by atoms with Gasteiger partial charge in [-0.1, -0.05) is 43.0 Å². The molecule has 3 N–H and O–H groups in total. The van der Waals surface area contributed by atoms with Crippen molar-refractivity contribution in [3.63, 3.8) is 0 Å². The molecule has 0 aliphatic carbocycles. The fourth-order valence-corrected chi connectivity index (χ4v) is 4.56. The normalized spacial score (nSPS) is 11.7. The first kappa shape index (κ1) is 20.8. The van der Waals surface area contributed by atoms with Crippen molar-refractivity contribution in [1.82, 2.24) is 0 Å². The van der Waals surface area contributed by atoms with Gasteiger partial charge in [-0.25, -0.2) is 0 Å². The maximum atomic E-state index is 7.73. The topological polar surface area (TPSA) is 47.9 Å². The van der Waals surface area contributed by atoms with Crippen LogP contribution in [0.5, 0.6) is 0 Å². The standard InChI is InChI=1S/C30H27N3/c1-4-20-13-21(6-5-19(20)2)22-8-11-29-25(14-22)17-26-15-23(9-12-30(26)33-29)24-7-10-28(32-3)27(16-24)18-31/h4-16,18,31-33H,1,17H2,2-3H3. The van der Waals surface area contributed by atoms with E-state index in [9.17, 15) is 0 Å². The summed E-state index contributed by atoms with van der Waals surface area (Å²) in [6.07, 6.45) is 4.20. The van der Waals surface area contributed by atoms with Crippen LogP contribution in [0.1, 0.15) is 27.8 Å². The maximum Gasteiger partial charge on any atom is 0.0426 e. The first-order chi connectivity index (χ1) is 16.1. The SMILES string of the molecule is C=Cc1cc(-c2ccc3c(c2)Cc2cc(-c4ccc(NC)c(C=N)c4)ccc2N3)ccc1C. The minimum absolute atomic E-state index is 0.881. The summed E-state index contributed by atoms with van der Waals surface area (Å²) in [5.74, 6) is 0. The van der Waals surface area contributed by atoms with Gasteiger partial charge < -0.3 is 16.0 Å². The summed E-state index contributed by atoms with van der Waals surface area (Å²) in [5, 5.41) is 14.5. The van der Waals surface area contributed by atoms with E-state index in [1.807, 2.05) is 19.2 Å². The summed E-state index contributed by atoms with van der Waals surface area (Å²) < 4.78 is 0. The van der Waals surface area contributed by atoms with E-state index in [1.165, 1.54) is 45.3 Å². The molecule has 0 radical (unpaired) electrons. The molecule has 162 valence electrons. The first-order valence-corrected chi connectivity index (χ1v) is 11.2. The zero-order chi connectivity index (χ0) is 22.9. The zero-order valence-electron chi connectivity index (χ0n) is 19.0. The molecule has 3 heteroatoms. The highest BCUT2D eigenvalue weighted by Gasteiger charge is 2.17. The van der Waals surface area contributed by atoms with E-state index in [4.69, 9.17) is 5.41 Å². The molecular formula is C30H27N3. The van der Waals surface area contributed by atoms with E-state index in [-0.39, 0.29) is 0 Å². The smallest absolute Gasteiger partial charge is 0.0426 e. The van der Waals surface area contributed by atoms with Gasteiger partial charge in [-0.2, -0.15) is 0 Å². The van der Waals surface area contributed by atoms with Gasteiger partial charge in [0, 0.05) is 42.3 Å². The second-order valence-electron chi connectivity index (χ2n) is 8.52. The van der Waals surface area contributed by atoms with Gasteiger partial charge in [0.25, 0.3) is 0 Å². The molecular weight excluding hydrogens is 402 g/mol. The molecule has 5 rings (SSSR count). The van der Waals surface area contributed by atoms with Crippen LogP contribution in [0, 0.1) is 12.3 Å². The van der Waals surface area contributed by atoms with Crippen molar-refractivity contribution in [1.29, 1.82) is 5.41 Å². The van der Waals surface area contributed by atoms with Crippen LogP contribution >= 0.6 is 0 Å². The highest BCUT2D eigenvalue weighted by Crippen LogP contribution is 2.38. The van der Waals surface area contributed by atoms with Crippen LogP contribution in [0.15, 0.2) is 79.4 Å². The lowest BCUT2D eigenvalue weighted by atomic mass is 9.91. The maximum absolute atomic E-state index is 7.73. The summed E-state index contributed by atoms with van der Waals surface area (Å²) in [5.41, 5.74) is 13.9. The monoisotopic (exact) mass is 429 g/mol. The molecule has 0 unspecified atom stereocenters. The summed E-state index contributed by atoms with van der Waals surface area (Å²) in [7, 11) is 1.88. The zero-order valence-corrected chi connectivity index (χ0v) is 19.0. The van der Waals surface area contributed by atoms with Gasteiger partial charge in [0.2, 0.25) is 0 Å². The molecule has 1 heterocycles. The number of hydrogen-bond acceptors (Lipinski definition) is 3. The molecule has 0 saturated carbocycles. The van der Waals surface area contributed by atoms with Crippen molar-refractivity contribution in [2.75, 3.05) is 17.7 Å².